The van der Waals surface area contributed by atoms with Crippen molar-refractivity contribution in [2.75, 3.05) is 0 Å². The molecule has 0 aliphatic heterocycles. The van der Waals surface area contributed by atoms with Crippen LogP contribution < -0.4 is 0 Å². The molecule has 0 rings (SSSR count). The van der Waals surface area contributed by atoms with Crippen molar-refractivity contribution in [2.45, 2.75) is 46.0 Å². The van der Waals surface area contributed by atoms with Crippen molar-refractivity contribution in [1.29, 1.82) is 0 Å². The average molecular weight is 223 g/mol. The normalized spacial score (nSPS) is 6.00. The Morgan fingerprint density at radius 2 is 0.909 bits per heavy atom. The topological polar surface area (TPSA) is 0 Å². The Balaban J connectivity index is -0.0000000300. The summed E-state index contributed by atoms with van der Waals surface area (Å²) in [6.45, 7) is 4.49. The molecule has 0 aromatic carbocycles. The van der Waals surface area contributed by atoms with Gasteiger partial charge in [0.25, 0.3) is 0 Å². The van der Waals surface area contributed by atoms with Crippen LogP contribution in [0.15, 0.2) is 0 Å². The van der Waals surface area contributed by atoms with E-state index in [9.17, 15) is 0 Å². The van der Waals surface area contributed by atoms with Crippen LogP contribution >= 0.6 is 37.2 Å². The van der Waals surface area contributed by atoms with Crippen LogP contribution in [0.5, 0.6) is 0 Å². The number of hydrogen-bond donors (Lipinski definition) is 0. The molecule has 0 unspecified atom stereocenters. The van der Waals surface area contributed by atoms with Gasteiger partial charge in [0.2, 0.25) is 0 Å². The first-order valence-electron chi connectivity index (χ1n) is 3.41. The van der Waals surface area contributed by atoms with Crippen LogP contribution in [0.1, 0.15) is 46.0 Å². The lowest BCUT2D eigenvalue weighted by molar-refractivity contribution is 0.656. The summed E-state index contributed by atoms with van der Waals surface area (Å²) in [4.78, 5) is 0. The third-order valence-corrected chi connectivity index (χ3v) is 1.21. The highest BCUT2D eigenvalue weighted by atomic mass is 35.5. The fraction of sp³-hybridized carbons (Fsp3) is 1.00. The van der Waals surface area contributed by atoms with E-state index < -0.39 is 0 Å². The van der Waals surface area contributed by atoms with E-state index in [1.807, 2.05) is 0 Å². The Bertz CT molecular complexity index is 32.9. The van der Waals surface area contributed by atoms with Gasteiger partial charge in [0, 0.05) is 0 Å². The molecule has 0 fully saturated rings. The summed E-state index contributed by atoms with van der Waals surface area (Å²) in [5.41, 5.74) is 0. The van der Waals surface area contributed by atoms with Crippen LogP contribution in [-0.2, 0) is 0 Å². The second-order valence-corrected chi connectivity index (χ2v) is 2.06. The summed E-state index contributed by atoms with van der Waals surface area (Å²) in [5.74, 6) is 0. The van der Waals surface area contributed by atoms with Gasteiger partial charge in [-0.15, -0.1) is 37.2 Å². The molecule has 0 spiro atoms. The van der Waals surface area contributed by atoms with Crippen LogP contribution in [0.2, 0.25) is 0 Å². The average Bonchev–Trinajstić information content (AvgIpc) is 1.69. The molecule has 0 N–H and O–H groups in total. The number of rotatable bonds is 4. The molecule has 0 atom stereocenters. The van der Waals surface area contributed by atoms with E-state index in [1.54, 1.807) is 0 Å². The van der Waals surface area contributed by atoms with Crippen molar-refractivity contribution >= 4 is 45.6 Å². The summed E-state index contributed by atoms with van der Waals surface area (Å²) < 4.78 is 0. The quantitative estimate of drug-likeness (QED) is 0.507. The lowest BCUT2D eigenvalue weighted by Gasteiger charge is -1.90. The van der Waals surface area contributed by atoms with Crippen molar-refractivity contribution < 1.29 is 0 Å². The SMILES string of the molecule is B.CCCCCCC.Cl.Cl.Cl. The molecule has 0 nitrogen and oxygen atoms in total. The molecular weight excluding hydrogens is 201 g/mol. The number of unbranched alkanes of at least 4 members (excludes halogenated alkanes) is 4. The molecule has 0 radical (unpaired) electrons. The van der Waals surface area contributed by atoms with Crippen LogP contribution in [0.25, 0.3) is 0 Å². The molecule has 74 valence electrons. The van der Waals surface area contributed by atoms with Crippen LogP contribution in [0, 0.1) is 0 Å². The Hall–Kier alpha value is 0.935. The predicted molar refractivity (Wildman–Crippen MR) is 66.1 cm³/mol. The Kier molecular flexibility index (Phi) is 82.7. The Labute approximate surface area is 91.7 Å². The van der Waals surface area contributed by atoms with Gasteiger partial charge in [-0.1, -0.05) is 46.0 Å². The minimum Gasteiger partial charge on any atom is -0.147 e. The smallest absolute Gasteiger partial charge is 0.0814 e. The van der Waals surface area contributed by atoms with E-state index in [0.29, 0.717) is 0 Å². The maximum Gasteiger partial charge on any atom is 0.0814 e. The molecule has 0 aliphatic carbocycles. The highest BCUT2D eigenvalue weighted by molar-refractivity contribution is 5.86. The van der Waals surface area contributed by atoms with Crippen molar-refractivity contribution in [3.05, 3.63) is 0 Å². The first kappa shape index (κ1) is 29.7. The Morgan fingerprint density at radius 1 is 0.636 bits per heavy atom. The molecule has 11 heavy (non-hydrogen) atoms. The second-order valence-electron chi connectivity index (χ2n) is 2.06. The van der Waals surface area contributed by atoms with E-state index in [2.05, 4.69) is 13.8 Å². The molecule has 0 heterocycles. The molecule has 0 aromatic heterocycles. The first-order valence-corrected chi connectivity index (χ1v) is 3.41. The van der Waals surface area contributed by atoms with Gasteiger partial charge in [0.15, 0.2) is 0 Å². The molecule has 4 heteroatoms. The molecule has 0 aliphatic rings. The first-order chi connectivity index (χ1) is 3.41. The van der Waals surface area contributed by atoms with E-state index in [4.69, 9.17) is 0 Å². The van der Waals surface area contributed by atoms with Gasteiger partial charge >= 0.3 is 0 Å². The number of halogens is 3. The van der Waals surface area contributed by atoms with E-state index in [0.717, 1.165) is 0 Å². The molecule has 0 saturated carbocycles. The largest absolute Gasteiger partial charge is 0.147 e. The summed E-state index contributed by atoms with van der Waals surface area (Å²) in [5, 5.41) is 0. The lowest BCUT2D eigenvalue weighted by atomic mass is 10.2. The van der Waals surface area contributed by atoms with Gasteiger partial charge in [-0.3, -0.25) is 0 Å². The highest BCUT2D eigenvalue weighted by Gasteiger charge is 1.80. The zero-order valence-corrected chi connectivity index (χ0v) is 9.21. The summed E-state index contributed by atoms with van der Waals surface area (Å²) in [6.07, 6.45) is 7.01. The van der Waals surface area contributed by atoms with E-state index in [-0.39, 0.29) is 45.6 Å². The summed E-state index contributed by atoms with van der Waals surface area (Å²) >= 11 is 0. The van der Waals surface area contributed by atoms with Gasteiger partial charge in [0.1, 0.15) is 0 Å². The fourth-order valence-electron chi connectivity index (χ4n) is 0.677. The highest BCUT2D eigenvalue weighted by Crippen LogP contribution is 2.00. The van der Waals surface area contributed by atoms with Gasteiger partial charge in [0.05, 0.1) is 8.41 Å². The fourth-order valence-corrected chi connectivity index (χ4v) is 0.677. The third kappa shape index (κ3) is 35.8. The predicted octanol–water partition coefficient (Wildman–Crippen LogP) is 3.06. The lowest BCUT2D eigenvalue weighted by Crippen LogP contribution is -1.70. The minimum absolute atomic E-state index is 0. The maximum absolute atomic E-state index is 2.25. The van der Waals surface area contributed by atoms with Crippen molar-refractivity contribution in [3.63, 3.8) is 0 Å². The Morgan fingerprint density at radius 3 is 1.09 bits per heavy atom. The monoisotopic (exact) mass is 222 g/mol. The zero-order chi connectivity index (χ0) is 5.54. The number of hydrogen-bond acceptors (Lipinski definition) is 0. The van der Waals surface area contributed by atoms with Gasteiger partial charge in [-0.25, -0.2) is 0 Å². The van der Waals surface area contributed by atoms with Gasteiger partial charge in [-0.05, 0) is 0 Å². The van der Waals surface area contributed by atoms with E-state index >= 15 is 0 Å². The zero-order valence-electron chi connectivity index (χ0n) is 6.76. The van der Waals surface area contributed by atoms with Crippen LogP contribution in [0.3, 0.4) is 0 Å². The summed E-state index contributed by atoms with van der Waals surface area (Å²) in [7, 11) is 0. The minimum atomic E-state index is 0. The van der Waals surface area contributed by atoms with Crippen molar-refractivity contribution in [1.82, 2.24) is 0 Å². The van der Waals surface area contributed by atoms with E-state index in [1.165, 1.54) is 32.1 Å². The second kappa shape index (κ2) is 30.6. The standard InChI is InChI=1S/C7H16.BH3.3ClH/c1-3-5-7-6-4-2;;;;/h3-7H2,1-2H3;1H3;3*1H. The third-order valence-electron chi connectivity index (χ3n) is 1.21. The summed E-state index contributed by atoms with van der Waals surface area (Å²) in [6, 6.07) is 0. The van der Waals surface area contributed by atoms with Crippen LogP contribution in [-0.4, -0.2) is 8.41 Å². The molecule has 0 aromatic rings. The molecule has 0 saturated heterocycles. The van der Waals surface area contributed by atoms with Crippen molar-refractivity contribution in [3.8, 4) is 0 Å². The van der Waals surface area contributed by atoms with Crippen molar-refractivity contribution in [2.24, 2.45) is 0 Å². The molecule has 0 amide bonds. The molecular formula is C7H22BCl3. The van der Waals surface area contributed by atoms with Gasteiger partial charge < -0.3 is 0 Å². The van der Waals surface area contributed by atoms with Gasteiger partial charge in [-0.2, -0.15) is 0 Å². The molecule has 0 bridgehead atoms. The van der Waals surface area contributed by atoms with Crippen LogP contribution in [0.4, 0.5) is 0 Å². The maximum atomic E-state index is 2.25.